The molecule has 0 N–H and O–H groups in total. The summed E-state index contributed by atoms with van der Waals surface area (Å²) in [6, 6.07) is 0. The molecule has 9 unspecified atom stereocenters. The van der Waals surface area contributed by atoms with E-state index in [-0.39, 0.29) is 5.41 Å². The third-order valence-electron chi connectivity index (χ3n) is 14.1. The lowest BCUT2D eigenvalue weighted by Crippen LogP contribution is -2.45. The second kappa shape index (κ2) is 16.8. The van der Waals surface area contributed by atoms with E-state index in [0.29, 0.717) is 11.8 Å². The zero-order valence-corrected chi connectivity index (χ0v) is 32.1. The smallest absolute Gasteiger partial charge is 0.0308 e. The third kappa shape index (κ3) is 8.61. The molecule has 0 aliphatic heterocycles. The Kier molecular flexibility index (Phi) is 5.45. The van der Waals surface area contributed by atoms with Crippen molar-refractivity contribution >= 4 is 0 Å². The first-order valence-electron chi connectivity index (χ1n) is 35.1. The minimum atomic E-state index is -3.34. The predicted molar refractivity (Wildman–Crippen MR) is 217 cm³/mol. The monoisotopic (exact) mass is 719 g/mol. The summed E-state index contributed by atoms with van der Waals surface area (Å²) in [5.41, 5.74) is 0.0712. The molecule has 0 spiro atoms. The molecule has 0 aromatic carbocycles. The lowest BCUT2D eigenvalue weighted by Gasteiger charge is -2.56. The Hall–Kier alpha value is 0. The summed E-state index contributed by atoms with van der Waals surface area (Å²) in [5.74, 6) is -17.1. The van der Waals surface area contributed by atoms with Crippen LogP contribution < -0.4 is 0 Å². The van der Waals surface area contributed by atoms with Gasteiger partial charge >= 0.3 is 0 Å². The van der Waals surface area contributed by atoms with Crippen molar-refractivity contribution in [3.63, 3.8) is 0 Å². The fraction of sp³-hybridized carbons (Fsp3) is 1.00. The van der Waals surface area contributed by atoms with Gasteiger partial charge < -0.3 is 0 Å². The van der Waals surface area contributed by atoms with Crippen molar-refractivity contribution < 1.29 is 41.1 Å². The van der Waals surface area contributed by atoms with E-state index < -0.39 is 117 Å². The van der Waals surface area contributed by atoms with E-state index in [1.807, 2.05) is 6.92 Å². The van der Waals surface area contributed by atoms with Crippen LogP contribution in [-0.4, -0.2) is 0 Å². The largest absolute Gasteiger partial charge is 0.0651 e. The number of hydrogen-bond donors (Lipinski definition) is 0. The molecule has 288 valence electrons. The van der Waals surface area contributed by atoms with Gasteiger partial charge in [-0.1, -0.05) is 86.8 Å². The summed E-state index contributed by atoms with van der Waals surface area (Å²) < 4.78 is 240. The Bertz CT molecular complexity index is 2250. The molecule has 14 aliphatic carbocycles. The van der Waals surface area contributed by atoms with Crippen LogP contribution in [0, 0.1) is 106 Å². The molecule has 50 heavy (non-hydrogen) atoms. The Morgan fingerprint density at radius 2 is 1.20 bits per heavy atom. The van der Waals surface area contributed by atoms with Gasteiger partial charge in [-0.2, -0.15) is 0 Å². The van der Waals surface area contributed by atoms with Crippen molar-refractivity contribution in [3.05, 3.63) is 0 Å². The second-order valence-corrected chi connectivity index (χ2v) is 17.4. The Balaban J connectivity index is 0.000000149. The first kappa shape index (κ1) is 16.2. The standard InChI is InChI=1S/C12H20.2C10H18.2C9H16/c1-2-12-6-9-3-10(7-12)5-11(4-9)8-12;1-3-8-4-9-6-10(5-8)7(9)2;1-3-9-5-8-4-7(2)10(9)6-8;1-2-7-3-8-5-9(4-7)6-8;1-2-8-5-7-3-4-9(8)6-7/h9-11H,2-8H2,1H3;2*7-10H,3-6H2,1-2H3;2*7-9H,2-6H2,1H3/i2D2;2*3D2,4D2,5D2,6D2,7D,8D,9D,10D;2*2D2. The van der Waals surface area contributed by atoms with Crippen LogP contribution in [0.15, 0.2) is 0 Å². The normalized spacial score (nSPS) is 79.9. The molecule has 0 radical (unpaired) electrons. The lowest BCUT2D eigenvalue weighted by molar-refractivity contribution is -0.0545. The highest BCUT2D eigenvalue weighted by Gasteiger charge is 2.50. The zero-order valence-electron chi connectivity index (χ0n) is 62.1. The minimum absolute atomic E-state index is 0.0712. The summed E-state index contributed by atoms with van der Waals surface area (Å²) in [6.07, 6.45) is -9.72. The van der Waals surface area contributed by atoms with Crippen LogP contribution in [0.25, 0.3) is 0 Å². The van der Waals surface area contributed by atoms with Crippen molar-refractivity contribution in [2.45, 2.75) is 208 Å². The summed E-state index contributed by atoms with van der Waals surface area (Å²) in [6.45, 7) is 8.65. The van der Waals surface area contributed by atoms with E-state index in [0.717, 1.165) is 88.4 Å². The van der Waals surface area contributed by atoms with Crippen molar-refractivity contribution in [2.75, 3.05) is 0 Å². The molecule has 9 atom stereocenters. The third-order valence-corrected chi connectivity index (χ3v) is 14.1. The van der Waals surface area contributed by atoms with E-state index >= 15 is 0 Å². The molecule has 0 aromatic heterocycles. The molecule has 0 nitrogen and oxygen atoms in total. The maximum Gasteiger partial charge on any atom is 0.0308 e. The maximum atomic E-state index is 8.43. The van der Waals surface area contributed by atoms with Crippen molar-refractivity contribution in [1.82, 2.24) is 0 Å². The summed E-state index contributed by atoms with van der Waals surface area (Å²) >= 11 is 0. The van der Waals surface area contributed by atoms with Crippen molar-refractivity contribution in [1.29, 1.82) is 0 Å². The van der Waals surface area contributed by atoms with Gasteiger partial charge in [-0.3, -0.25) is 0 Å². The number of rotatable bonds is 5. The fourth-order valence-electron chi connectivity index (χ4n) is 11.6. The van der Waals surface area contributed by atoms with Gasteiger partial charge in [0.25, 0.3) is 0 Å². The van der Waals surface area contributed by atoms with Gasteiger partial charge in [0.15, 0.2) is 0 Å². The van der Waals surface area contributed by atoms with Crippen LogP contribution in [0.1, 0.15) is 250 Å². The molecule has 0 heteroatoms. The van der Waals surface area contributed by atoms with Crippen molar-refractivity contribution in [2.24, 2.45) is 106 Å². The molecule has 0 heterocycles. The van der Waals surface area contributed by atoms with E-state index in [1.54, 1.807) is 13.8 Å². The lowest BCUT2D eigenvalue weighted by atomic mass is 9.49. The van der Waals surface area contributed by atoms with Gasteiger partial charge in [0.1, 0.15) is 0 Å². The van der Waals surface area contributed by atoms with Crippen LogP contribution in [-0.2, 0) is 0 Å². The maximum absolute atomic E-state index is 8.43. The van der Waals surface area contributed by atoms with Crippen molar-refractivity contribution in [3.8, 4) is 0 Å². The highest BCUT2D eigenvalue weighted by Crippen LogP contribution is 2.61. The molecule has 12 bridgehead atoms. The minimum Gasteiger partial charge on any atom is -0.0651 e. The zero-order chi connectivity index (χ0) is 62.1. The van der Waals surface area contributed by atoms with Gasteiger partial charge in [0.2, 0.25) is 0 Å². The molecular formula is C50H88. The molecular weight excluding hydrogens is 601 g/mol. The first-order valence-corrected chi connectivity index (χ1v) is 20.1. The molecule has 0 aromatic rings. The molecule has 14 rings (SSSR count). The van der Waals surface area contributed by atoms with Gasteiger partial charge in [0.05, 0.1) is 0 Å². The van der Waals surface area contributed by atoms with Gasteiger partial charge in [0, 0.05) is 41.1 Å². The predicted octanol–water partition coefficient (Wildman–Crippen LogP) is 15.4. The van der Waals surface area contributed by atoms with Crippen LogP contribution in [0.3, 0.4) is 0 Å². The van der Waals surface area contributed by atoms with E-state index in [1.165, 1.54) is 70.6 Å². The van der Waals surface area contributed by atoms with Crippen LogP contribution >= 0.6 is 0 Å². The Morgan fingerprint density at radius 1 is 0.580 bits per heavy atom. The highest BCUT2D eigenvalue weighted by molar-refractivity contribution is 5.01. The van der Waals surface area contributed by atoms with Gasteiger partial charge in [-0.05, 0) is 228 Å². The van der Waals surface area contributed by atoms with Gasteiger partial charge in [-0.15, -0.1) is 0 Å². The average molecular weight is 719 g/mol. The van der Waals surface area contributed by atoms with Crippen LogP contribution in [0.5, 0.6) is 0 Å². The Morgan fingerprint density at radius 3 is 1.60 bits per heavy atom. The Labute approximate surface area is 356 Å². The van der Waals surface area contributed by atoms with Crippen LogP contribution in [0.4, 0.5) is 0 Å². The van der Waals surface area contributed by atoms with Gasteiger partial charge in [-0.25, -0.2) is 0 Å². The average Bonchev–Trinajstić information content (AvgIpc) is 3.95. The molecule has 14 fully saturated rings. The summed E-state index contributed by atoms with van der Waals surface area (Å²) in [5, 5.41) is 0. The van der Waals surface area contributed by atoms with E-state index in [9.17, 15) is 0 Å². The number of hydrogen-bond acceptors (Lipinski definition) is 0. The fourth-order valence-corrected chi connectivity index (χ4v) is 11.6. The number of fused-ring (bicyclic) bond motifs is 8. The first-order chi connectivity index (χ1) is 35.1. The molecule has 0 saturated heterocycles. The topological polar surface area (TPSA) is 0 Å². The SMILES string of the molecule is [2H]C([2H])(C)C1([2H])C([2H])([2H])C2([2H])C([2H])([2H])C([2H])(C)C1([2H])C2([2H])[2H].[2H]C([2H])(C)C1([2H])C([2H])([2H])C2([2H])C([2H])([2H])C([2H])(C1([2H])[2H])C2([2H])C.[2H]C([2H])(C)C12CC3CC(CC(C3)C1)C2.[2H]C([2H])(C)C1CC2CC(C2)C1.[2H]C([2H])(C)C1CC2CCC1C2. The summed E-state index contributed by atoms with van der Waals surface area (Å²) in [4.78, 5) is 0. The molecule has 0 amide bonds. The van der Waals surface area contributed by atoms with E-state index in [4.69, 9.17) is 41.1 Å². The second-order valence-electron chi connectivity index (χ2n) is 17.4. The van der Waals surface area contributed by atoms with E-state index in [2.05, 4.69) is 0 Å². The summed E-state index contributed by atoms with van der Waals surface area (Å²) in [7, 11) is 0. The highest BCUT2D eigenvalue weighted by atomic mass is 14.5. The van der Waals surface area contributed by atoms with Crippen LogP contribution in [0.2, 0.25) is 0 Å². The quantitative estimate of drug-likeness (QED) is 0.265. The molecule has 14 saturated carbocycles. The molecule has 14 aliphatic rings.